The van der Waals surface area contributed by atoms with Crippen molar-refractivity contribution >= 4 is 41.1 Å². The van der Waals surface area contributed by atoms with E-state index >= 15 is 0 Å². The molecule has 30 heavy (non-hydrogen) atoms. The predicted molar refractivity (Wildman–Crippen MR) is 132 cm³/mol. The van der Waals surface area contributed by atoms with Crippen LogP contribution in [-0.2, 0) is 0 Å². The number of hydrogen-bond donors (Lipinski definition) is 0. The molecule has 0 aliphatic carbocycles. The van der Waals surface area contributed by atoms with Crippen LogP contribution in [0.2, 0.25) is 0 Å². The van der Waals surface area contributed by atoms with Crippen LogP contribution in [0.1, 0.15) is 0 Å². The molecule has 0 bridgehead atoms. The average Bonchev–Trinajstić information content (AvgIpc) is 2.81. The Morgan fingerprint density at radius 3 is 1.67 bits per heavy atom. The number of anilines is 3. The van der Waals surface area contributed by atoms with Gasteiger partial charge in [0.2, 0.25) is 0 Å². The standard InChI is InChI=1S/C28H22BN/c29-25-13-18-27(19-14-25)30(28-17-12-22-8-4-5-9-24(22)20-28)26-15-10-23(11-16-26)21-6-2-1-3-7-21/h1-20H,29H2. The molecular formula is C28H22BN. The predicted octanol–water partition coefficient (Wildman–Crippen LogP) is 6.24. The van der Waals surface area contributed by atoms with E-state index in [2.05, 4.69) is 134 Å². The molecular weight excluding hydrogens is 361 g/mol. The van der Waals surface area contributed by atoms with Crippen molar-refractivity contribution in [2.45, 2.75) is 0 Å². The molecule has 2 heteroatoms. The Labute approximate surface area is 178 Å². The highest BCUT2D eigenvalue weighted by Crippen LogP contribution is 2.36. The molecule has 5 aromatic carbocycles. The summed E-state index contributed by atoms with van der Waals surface area (Å²) < 4.78 is 0. The lowest BCUT2D eigenvalue weighted by atomic mass is 9.96. The number of hydrogen-bond acceptors (Lipinski definition) is 1. The van der Waals surface area contributed by atoms with Gasteiger partial charge in [-0.1, -0.05) is 90.4 Å². The minimum absolute atomic E-state index is 1.15. The van der Waals surface area contributed by atoms with Gasteiger partial charge in [0.15, 0.2) is 0 Å². The smallest absolute Gasteiger partial charge is 0.139 e. The third kappa shape index (κ3) is 3.60. The third-order valence-electron chi connectivity index (χ3n) is 5.52. The van der Waals surface area contributed by atoms with Gasteiger partial charge in [0.25, 0.3) is 0 Å². The van der Waals surface area contributed by atoms with Crippen molar-refractivity contribution in [3.63, 3.8) is 0 Å². The second-order valence-electron chi connectivity index (χ2n) is 7.62. The molecule has 0 unspecified atom stereocenters. The summed E-state index contributed by atoms with van der Waals surface area (Å²) in [5.74, 6) is 0. The van der Waals surface area contributed by atoms with E-state index in [1.807, 2.05) is 0 Å². The molecule has 5 rings (SSSR count). The Hall–Kier alpha value is -3.78. The van der Waals surface area contributed by atoms with Crippen molar-refractivity contribution < 1.29 is 0 Å². The van der Waals surface area contributed by atoms with Crippen LogP contribution in [0.15, 0.2) is 121 Å². The average molecular weight is 383 g/mol. The molecule has 0 aromatic heterocycles. The van der Waals surface area contributed by atoms with Crippen LogP contribution < -0.4 is 10.4 Å². The number of nitrogens with zero attached hydrogens (tertiary/aromatic N) is 1. The second kappa shape index (κ2) is 7.92. The molecule has 0 fully saturated rings. The van der Waals surface area contributed by atoms with Crippen LogP contribution in [0, 0.1) is 0 Å². The highest BCUT2D eigenvalue weighted by Gasteiger charge is 2.13. The van der Waals surface area contributed by atoms with Crippen molar-refractivity contribution in [1.29, 1.82) is 0 Å². The molecule has 142 valence electrons. The highest BCUT2D eigenvalue weighted by molar-refractivity contribution is 6.32. The Balaban J connectivity index is 1.61. The molecule has 0 aliphatic rings. The van der Waals surface area contributed by atoms with Crippen molar-refractivity contribution in [3.8, 4) is 11.1 Å². The summed E-state index contributed by atoms with van der Waals surface area (Å²) in [5, 5.41) is 2.50. The molecule has 0 saturated heterocycles. The van der Waals surface area contributed by atoms with Gasteiger partial charge in [0.1, 0.15) is 7.85 Å². The third-order valence-corrected chi connectivity index (χ3v) is 5.52. The Morgan fingerprint density at radius 2 is 0.967 bits per heavy atom. The molecule has 0 radical (unpaired) electrons. The fourth-order valence-corrected chi connectivity index (χ4v) is 3.89. The highest BCUT2D eigenvalue weighted by atomic mass is 15.1. The topological polar surface area (TPSA) is 3.24 Å². The minimum Gasteiger partial charge on any atom is -0.310 e. The maximum Gasteiger partial charge on any atom is 0.139 e. The van der Waals surface area contributed by atoms with Gasteiger partial charge in [0, 0.05) is 17.1 Å². The van der Waals surface area contributed by atoms with Gasteiger partial charge in [0.05, 0.1) is 0 Å². The summed E-state index contributed by atoms with van der Waals surface area (Å²) in [6, 6.07) is 43.2. The first-order valence-electron chi connectivity index (χ1n) is 10.3. The van der Waals surface area contributed by atoms with E-state index in [1.165, 1.54) is 27.4 Å². The normalized spacial score (nSPS) is 10.8. The molecule has 0 amide bonds. The van der Waals surface area contributed by atoms with Crippen molar-refractivity contribution in [1.82, 2.24) is 0 Å². The quantitative estimate of drug-likeness (QED) is 0.332. The number of fused-ring (bicyclic) bond motifs is 1. The molecule has 0 aliphatic heterocycles. The zero-order chi connectivity index (χ0) is 20.3. The number of benzene rings is 5. The largest absolute Gasteiger partial charge is 0.310 e. The van der Waals surface area contributed by atoms with Gasteiger partial charge >= 0.3 is 0 Å². The molecule has 0 atom stereocenters. The summed E-state index contributed by atoms with van der Waals surface area (Å²) in [4.78, 5) is 2.32. The lowest BCUT2D eigenvalue weighted by Gasteiger charge is -2.26. The summed E-state index contributed by atoms with van der Waals surface area (Å²) in [7, 11) is 2.12. The summed E-state index contributed by atoms with van der Waals surface area (Å²) in [5.41, 5.74) is 7.18. The van der Waals surface area contributed by atoms with E-state index in [1.54, 1.807) is 0 Å². The van der Waals surface area contributed by atoms with Crippen molar-refractivity contribution in [2.75, 3.05) is 4.90 Å². The SMILES string of the molecule is Bc1ccc(N(c2ccc(-c3ccccc3)cc2)c2ccc3ccccc3c2)cc1. The summed E-state index contributed by atoms with van der Waals surface area (Å²) >= 11 is 0. The van der Waals surface area contributed by atoms with E-state index in [0.29, 0.717) is 0 Å². The second-order valence-corrected chi connectivity index (χ2v) is 7.62. The molecule has 0 saturated carbocycles. The first-order chi connectivity index (χ1) is 14.8. The van der Waals surface area contributed by atoms with Crippen LogP contribution in [0.5, 0.6) is 0 Å². The Bertz CT molecular complexity index is 1280. The van der Waals surface area contributed by atoms with Gasteiger partial charge in [-0.05, 0) is 58.3 Å². The Morgan fingerprint density at radius 1 is 0.433 bits per heavy atom. The van der Waals surface area contributed by atoms with Gasteiger partial charge in [-0.2, -0.15) is 0 Å². The van der Waals surface area contributed by atoms with Gasteiger partial charge in [-0.15, -0.1) is 0 Å². The fraction of sp³-hybridized carbons (Fsp3) is 0. The van der Waals surface area contributed by atoms with Crippen LogP contribution in [0.4, 0.5) is 17.1 Å². The first-order valence-corrected chi connectivity index (χ1v) is 10.3. The van der Waals surface area contributed by atoms with Gasteiger partial charge < -0.3 is 4.90 Å². The molecule has 1 nitrogen and oxygen atoms in total. The van der Waals surface area contributed by atoms with Crippen LogP contribution in [0.3, 0.4) is 0 Å². The van der Waals surface area contributed by atoms with Crippen LogP contribution >= 0.6 is 0 Å². The van der Waals surface area contributed by atoms with E-state index in [-0.39, 0.29) is 0 Å². The van der Waals surface area contributed by atoms with Crippen molar-refractivity contribution in [2.24, 2.45) is 0 Å². The molecule has 0 N–H and O–H groups in total. The van der Waals surface area contributed by atoms with E-state index in [0.717, 1.165) is 17.1 Å². The summed E-state index contributed by atoms with van der Waals surface area (Å²) in [6.45, 7) is 0. The maximum atomic E-state index is 2.32. The minimum atomic E-state index is 1.15. The fourth-order valence-electron chi connectivity index (χ4n) is 3.89. The molecule has 5 aromatic rings. The van der Waals surface area contributed by atoms with Crippen LogP contribution in [-0.4, -0.2) is 7.85 Å². The molecule has 0 heterocycles. The van der Waals surface area contributed by atoms with E-state index in [9.17, 15) is 0 Å². The lowest BCUT2D eigenvalue weighted by molar-refractivity contribution is 1.29. The lowest BCUT2D eigenvalue weighted by Crippen LogP contribution is -2.11. The monoisotopic (exact) mass is 383 g/mol. The number of rotatable bonds is 4. The summed E-state index contributed by atoms with van der Waals surface area (Å²) in [6.07, 6.45) is 0. The van der Waals surface area contributed by atoms with E-state index < -0.39 is 0 Å². The Kier molecular flexibility index (Phi) is 4.82. The zero-order valence-corrected chi connectivity index (χ0v) is 17.0. The zero-order valence-electron chi connectivity index (χ0n) is 17.0. The molecule has 0 spiro atoms. The van der Waals surface area contributed by atoms with Gasteiger partial charge in [-0.25, -0.2) is 0 Å². The first kappa shape index (κ1) is 18.3. The van der Waals surface area contributed by atoms with E-state index in [4.69, 9.17) is 0 Å². The maximum absolute atomic E-state index is 2.32. The van der Waals surface area contributed by atoms with Gasteiger partial charge in [-0.3, -0.25) is 0 Å². The van der Waals surface area contributed by atoms with Crippen molar-refractivity contribution in [3.05, 3.63) is 121 Å². The van der Waals surface area contributed by atoms with Crippen LogP contribution in [0.25, 0.3) is 21.9 Å².